The van der Waals surface area contributed by atoms with E-state index in [2.05, 4.69) is 23.6 Å². The lowest BCUT2D eigenvalue weighted by Crippen LogP contribution is -2.58. The molecule has 0 bridgehead atoms. The number of ketones is 2. The number of carbonyl (C=O) groups excluding carboxylic acids is 2. The minimum atomic E-state index is 0.224. The van der Waals surface area contributed by atoms with Crippen molar-refractivity contribution in [2.75, 3.05) is 26.2 Å². The Morgan fingerprint density at radius 3 is 1.35 bits per heavy atom. The summed E-state index contributed by atoms with van der Waals surface area (Å²) in [5.74, 6) is 3.59. The highest BCUT2D eigenvalue weighted by Gasteiger charge is 2.46. The van der Waals surface area contributed by atoms with Crippen LogP contribution < -0.4 is 0 Å². The van der Waals surface area contributed by atoms with Crippen LogP contribution in [-0.4, -0.2) is 59.6 Å². The molecule has 0 aromatic heterocycles. The third-order valence-corrected chi connectivity index (χ3v) is 10.6. The van der Waals surface area contributed by atoms with E-state index in [4.69, 9.17) is 0 Å². The van der Waals surface area contributed by atoms with Crippen molar-refractivity contribution in [2.24, 2.45) is 35.5 Å². The van der Waals surface area contributed by atoms with Gasteiger partial charge in [0, 0.05) is 48.8 Å². The van der Waals surface area contributed by atoms with Crippen molar-refractivity contribution in [3.05, 3.63) is 0 Å². The molecule has 0 amide bonds. The molecule has 0 spiro atoms. The fourth-order valence-electron chi connectivity index (χ4n) is 9.04. The number of nitrogens with zero attached hydrogens (tertiary/aromatic N) is 2. The van der Waals surface area contributed by atoms with E-state index < -0.39 is 0 Å². The molecule has 0 unspecified atom stereocenters. The zero-order chi connectivity index (χ0) is 23.7. The molecule has 4 nitrogen and oxygen atoms in total. The first-order chi connectivity index (χ1) is 16.5. The Morgan fingerprint density at radius 1 is 0.529 bits per heavy atom. The van der Waals surface area contributed by atoms with Gasteiger partial charge in [0.25, 0.3) is 0 Å². The second kappa shape index (κ2) is 11.1. The summed E-state index contributed by atoms with van der Waals surface area (Å²) in [5, 5.41) is 0. The van der Waals surface area contributed by atoms with Crippen molar-refractivity contribution >= 4 is 11.6 Å². The molecular weight excluding hydrogens is 420 g/mol. The lowest BCUT2D eigenvalue weighted by Gasteiger charge is -2.50. The maximum atomic E-state index is 13.3. The summed E-state index contributed by atoms with van der Waals surface area (Å²) in [6.07, 6.45) is 17.5. The van der Waals surface area contributed by atoms with Gasteiger partial charge in [0.2, 0.25) is 0 Å². The molecule has 4 heterocycles. The van der Waals surface area contributed by atoms with Crippen LogP contribution in [0.1, 0.15) is 104 Å². The van der Waals surface area contributed by atoms with Gasteiger partial charge in [-0.1, -0.05) is 52.4 Å². The summed E-state index contributed by atoms with van der Waals surface area (Å²) in [4.78, 5) is 32.1. The van der Waals surface area contributed by atoms with Crippen molar-refractivity contribution in [2.45, 2.75) is 116 Å². The molecule has 0 radical (unpaired) electrons. The van der Waals surface area contributed by atoms with Crippen LogP contribution in [0.5, 0.6) is 0 Å². The van der Waals surface area contributed by atoms with Gasteiger partial charge >= 0.3 is 0 Å². The predicted octanol–water partition coefficient (Wildman–Crippen LogP) is 5.73. The number of carbonyl (C=O) groups is 2. The zero-order valence-electron chi connectivity index (χ0n) is 22.1. The third-order valence-electron chi connectivity index (χ3n) is 10.6. The molecule has 0 aromatic rings. The maximum Gasteiger partial charge on any atom is 0.141 e. The maximum absolute atomic E-state index is 13.3. The average Bonchev–Trinajstić information content (AvgIpc) is 2.82. The second-order valence-corrected chi connectivity index (χ2v) is 12.9. The van der Waals surface area contributed by atoms with E-state index in [9.17, 15) is 9.59 Å². The van der Waals surface area contributed by atoms with Gasteiger partial charge in [-0.2, -0.15) is 0 Å². The Kier molecular flexibility index (Phi) is 8.15. The van der Waals surface area contributed by atoms with E-state index in [1.807, 2.05) is 0 Å². The van der Waals surface area contributed by atoms with Crippen LogP contribution >= 0.6 is 0 Å². The van der Waals surface area contributed by atoms with Crippen LogP contribution in [0.3, 0.4) is 0 Å². The van der Waals surface area contributed by atoms with E-state index >= 15 is 0 Å². The van der Waals surface area contributed by atoms with Crippen LogP contribution in [0.25, 0.3) is 0 Å². The van der Waals surface area contributed by atoms with Gasteiger partial charge in [-0.05, 0) is 76.3 Å². The van der Waals surface area contributed by atoms with Gasteiger partial charge in [0.15, 0.2) is 0 Å². The molecule has 1 saturated carbocycles. The highest BCUT2D eigenvalue weighted by atomic mass is 16.1. The Labute approximate surface area is 208 Å². The Hall–Kier alpha value is -0.740. The number of hydrogen-bond acceptors (Lipinski definition) is 4. The van der Waals surface area contributed by atoms with Gasteiger partial charge in [0.05, 0.1) is 0 Å². The number of Topliss-reactive ketones (excluding diaryl/α,β-unsaturated/α-hetero) is 2. The average molecular weight is 471 g/mol. The van der Waals surface area contributed by atoms with Gasteiger partial charge in [-0.3, -0.25) is 19.4 Å². The molecule has 4 heteroatoms. The minimum absolute atomic E-state index is 0.224. The molecule has 5 rings (SSSR count). The lowest BCUT2D eigenvalue weighted by atomic mass is 9.69. The second-order valence-electron chi connectivity index (χ2n) is 12.9. The number of piperidine rings is 4. The molecule has 4 saturated heterocycles. The zero-order valence-corrected chi connectivity index (χ0v) is 22.1. The SMILES string of the molecule is C[C@@H]1CN2CCC[C@@H]3CCCCC[C@@H]4C(=O)[C@@H](C)CN5CCC[C@@H](CCCCC[C@H](C1=O)[C@H]32)[C@H]45. The summed E-state index contributed by atoms with van der Waals surface area (Å²) in [6, 6.07) is 1.03. The van der Waals surface area contributed by atoms with Gasteiger partial charge < -0.3 is 0 Å². The van der Waals surface area contributed by atoms with Crippen molar-refractivity contribution in [1.82, 2.24) is 9.80 Å². The van der Waals surface area contributed by atoms with E-state index in [0.717, 1.165) is 25.9 Å². The van der Waals surface area contributed by atoms with Crippen molar-refractivity contribution in [3.63, 3.8) is 0 Å². The van der Waals surface area contributed by atoms with Gasteiger partial charge in [-0.25, -0.2) is 0 Å². The molecule has 8 atom stereocenters. The molecule has 34 heavy (non-hydrogen) atoms. The molecule has 1 aliphatic carbocycles. The van der Waals surface area contributed by atoms with Crippen LogP contribution in [-0.2, 0) is 9.59 Å². The van der Waals surface area contributed by atoms with Crippen molar-refractivity contribution in [3.8, 4) is 0 Å². The first-order valence-electron chi connectivity index (χ1n) is 15.1. The standard InChI is InChI=1S/C30H50N2O2/c1-21-19-31-17-9-13-23-11-6-4-8-16-26-28-24(14-10-18-32(28)20-22(2)30(26)34)12-5-3-7-15-25(27(23)31)29(21)33/h21-28H,3-20H2,1-2H3/t21-,22+,23+,24-,25-,26-,27+,28-/m0/s1. The van der Waals surface area contributed by atoms with Crippen LogP contribution in [0.4, 0.5) is 0 Å². The van der Waals surface area contributed by atoms with Crippen LogP contribution in [0.2, 0.25) is 0 Å². The monoisotopic (exact) mass is 470 g/mol. The Balaban J connectivity index is 1.31. The fraction of sp³-hybridized carbons (Fsp3) is 0.933. The summed E-state index contributed by atoms with van der Waals surface area (Å²) in [6.45, 7) is 8.77. The molecule has 0 N–H and O–H groups in total. The molecule has 4 aliphatic heterocycles. The minimum Gasteiger partial charge on any atom is -0.299 e. The van der Waals surface area contributed by atoms with Crippen molar-refractivity contribution in [1.29, 1.82) is 0 Å². The van der Waals surface area contributed by atoms with Crippen LogP contribution in [0.15, 0.2) is 0 Å². The smallest absolute Gasteiger partial charge is 0.141 e. The highest BCUT2D eigenvalue weighted by molar-refractivity contribution is 5.85. The quantitative estimate of drug-likeness (QED) is 0.453. The molecular formula is C30H50N2O2. The Bertz CT molecular complexity index is 663. The topological polar surface area (TPSA) is 40.6 Å². The summed E-state index contributed by atoms with van der Waals surface area (Å²) >= 11 is 0. The largest absolute Gasteiger partial charge is 0.299 e. The fourth-order valence-corrected chi connectivity index (χ4v) is 9.04. The highest BCUT2D eigenvalue weighted by Crippen LogP contribution is 2.42. The summed E-state index contributed by atoms with van der Waals surface area (Å²) in [7, 11) is 0. The molecule has 5 fully saturated rings. The lowest BCUT2D eigenvalue weighted by molar-refractivity contribution is -0.138. The van der Waals surface area contributed by atoms with E-state index in [1.165, 1.54) is 90.1 Å². The first kappa shape index (κ1) is 24.9. The molecule has 5 aliphatic rings. The molecule has 0 aromatic carbocycles. The van der Waals surface area contributed by atoms with E-state index in [-0.39, 0.29) is 23.7 Å². The van der Waals surface area contributed by atoms with E-state index in [0.29, 0.717) is 35.5 Å². The van der Waals surface area contributed by atoms with E-state index in [1.54, 1.807) is 0 Å². The number of hydrogen-bond donors (Lipinski definition) is 0. The number of rotatable bonds is 0. The van der Waals surface area contributed by atoms with Crippen molar-refractivity contribution < 1.29 is 9.59 Å². The van der Waals surface area contributed by atoms with Gasteiger partial charge in [-0.15, -0.1) is 0 Å². The summed E-state index contributed by atoms with van der Waals surface area (Å²) in [5.41, 5.74) is 0. The van der Waals surface area contributed by atoms with Crippen LogP contribution in [0, 0.1) is 35.5 Å². The summed E-state index contributed by atoms with van der Waals surface area (Å²) < 4.78 is 0. The molecule has 192 valence electrons. The third kappa shape index (κ3) is 5.05. The van der Waals surface area contributed by atoms with Gasteiger partial charge in [0.1, 0.15) is 11.6 Å². The Morgan fingerprint density at radius 2 is 0.912 bits per heavy atom. The first-order valence-corrected chi connectivity index (χ1v) is 15.1. The normalized spacial score (nSPS) is 43.7. The predicted molar refractivity (Wildman–Crippen MR) is 138 cm³/mol.